The van der Waals surface area contributed by atoms with E-state index in [0.29, 0.717) is 17.3 Å². The summed E-state index contributed by atoms with van der Waals surface area (Å²) >= 11 is 6.90. The molecule has 1 heterocycles. The van der Waals surface area contributed by atoms with Crippen molar-refractivity contribution in [1.29, 1.82) is 0 Å². The van der Waals surface area contributed by atoms with Crippen LogP contribution < -0.4 is 0 Å². The first-order chi connectivity index (χ1) is 7.59. The van der Waals surface area contributed by atoms with Crippen molar-refractivity contribution in [2.45, 2.75) is 12.0 Å². The monoisotopic (exact) mass is 344 g/mol. The minimum Gasteiger partial charge on any atom is -0.450 e. The lowest BCUT2D eigenvalue weighted by Crippen LogP contribution is -2.27. The van der Waals surface area contributed by atoms with Crippen LogP contribution in [0.15, 0.2) is 40.9 Å². The summed E-state index contributed by atoms with van der Waals surface area (Å²) in [5, 5.41) is 0.563. The number of ether oxygens (including phenoxy) is 1. The Morgan fingerprint density at radius 3 is 2.62 bits per heavy atom. The Morgan fingerprint density at radius 1 is 1.44 bits per heavy atom. The third-order valence-electron chi connectivity index (χ3n) is 2.66. The fraction of sp³-hybridized carbons (Fsp3) is 0.250. The molecule has 1 unspecified atom stereocenters. The Bertz CT molecular complexity index is 438. The van der Waals surface area contributed by atoms with Gasteiger partial charge in [0, 0.05) is 27.4 Å². The highest BCUT2D eigenvalue weighted by Crippen LogP contribution is 2.43. The lowest BCUT2D eigenvalue weighted by atomic mass is 9.92. The van der Waals surface area contributed by atoms with Crippen molar-refractivity contribution in [1.82, 2.24) is 0 Å². The van der Waals surface area contributed by atoms with E-state index in [9.17, 15) is 4.79 Å². The van der Waals surface area contributed by atoms with Crippen LogP contribution in [0.5, 0.6) is 0 Å². The van der Waals surface area contributed by atoms with Crippen LogP contribution in [0.3, 0.4) is 0 Å². The van der Waals surface area contributed by atoms with E-state index in [1.165, 1.54) is 0 Å². The molecule has 2 nitrogen and oxygen atoms in total. The van der Waals surface area contributed by atoms with Crippen molar-refractivity contribution in [2.75, 3.05) is 5.33 Å². The van der Waals surface area contributed by atoms with Crippen LogP contribution >= 0.6 is 31.9 Å². The molecule has 0 spiro atoms. The molecule has 0 amide bonds. The van der Waals surface area contributed by atoms with Crippen LogP contribution in [-0.2, 0) is 15.1 Å². The molecule has 0 saturated carbocycles. The lowest BCUT2D eigenvalue weighted by molar-refractivity contribution is -0.145. The summed E-state index contributed by atoms with van der Waals surface area (Å²) in [6.45, 7) is 3.72. The molecule has 2 rings (SSSR count). The Kier molecular flexibility index (Phi) is 3.22. The van der Waals surface area contributed by atoms with E-state index in [2.05, 4.69) is 38.4 Å². The predicted molar refractivity (Wildman–Crippen MR) is 69.5 cm³/mol. The number of hydrogen-bond acceptors (Lipinski definition) is 2. The SMILES string of the molecule is C=C1CC(CBr)(c2ccccc2Br)OC1=O. The van der Waals surface area contributed by atoms with E-state index in [0.717, 1.165) is 10.0 Å². The first-order valence-electron chi connectivity index (χ1n) is 4.81. The van der Waals surface area contributed by atoms with Gasteiger partial charge in [-0.25, -0.2) is 4.79 Å². The molecular weight excluding hydrogens is 336 g/mol. The van der Waals surface area contributed by atoms with E-state index >= 15 is 0 Å². The average molecular weight is 346 g/mol. The number of benzene rings is 1. The van der Waals surface area contributed by atoms with Crippen LogP contribution in [0.4, 0.5) is 0 Å². The normalized spacial score (nSPS) is 24.6. The first-order valence-corrected chi connectivity index (χ1v) is 6.72. The lowest BCUT2D eigenvalue weighted by Gasteiger charge is -2.26. The number of rotatable bonds is 2. The molecule has 0 N–H and O–H groups in total. The highest BCUT2D eigenvalue weighted by Gasteiger charge is 2.44. The molecule has 1 aromatic rings. The van der Waals surface area contributed by atoms with Crippen molar-refractivity contribution in [3.8, 4) is 0 Å². The summed E-state index contributed by atoms with van der Waals surface area (Å²) in [6.07, 6.45) is 0.527. The van der Waals surface area contributed by atoms with Gasteiger partial charge < -0.3 is 4.74 Å². The van der Waals surface area contributed by atoms with Gasteiger partial charge in [0.15, 0.2) is 5.60 Å². The third-order valence-corrected chi connectivity index (χ3v) is 4.25. The molecule has 1 aromatic carbocycles. The zero-order valence-electron chi connectivity index (χ0n) is 8.50. The van der Waals surface area contributed by atoms with Crippen molar-refractivity contribution in [2.24, 2.45) is 0 Å². The number of halogens is 2. The molecule has 0 bridgehead atoms. The molecule has 0 aliphatic carbocycles. The van der Waals surface area contributed by atoms with E-state index in [-0.39, 0.29) is 5.97 Å². The molecule has 1 atom stereocenters. The summed E-state index contributed by atoms with van der Waals surface area (Å²) in [5.41, 5.74) is 0.878. The smallest absolute Gasteiger partial charge is 0.334 e. The van der Waals surface area contributed by atoms with E-state index in [1.807, 2.05) is 24.3 Å². The number of esters is 1. The Labute approximate surface area is 111 Å². The zero-order chi connectivity index (χ0) is 11.8. The van der Waals surface area contributed by atoms with Gasteiger partial charge in [0.25, 0.3) is 0 Å². The molecule has 16 heavy (non-hydrogen) atoms. The molecule has 84 valence electrons. The Morgan fingerprint density at radius 2 is 2.12 bits per heavy atom. The van der Waals surface area contributed by atoms with Crippen molar-refractivity contribution < 1.29 is 9.53 Å². The minimum absolute atomic E-state index is 0.310. The second-order valence-electron chi connectivity index (χ2n) is 3.78. The number of hydrogen-bond donors (Lipinski definition) is 0. The Hall–Kier alpha value is -0.610. The average Bonchev–Trinajstić information content (AvgIpc) is 2.56. The van der Waals surface area contributed by atoms with E-state index in [1.54, 1.807) is 0 Å². The van der Waals surface area contributed by atoms with E-state index < -0.39 is 5.60 Å². The van der Waals surface area contributed by atoms with Gasteiger partial charge in [0.1, 0.15) is 0 Å². The van der Waals surface area contributed by atoms with Gasteiger partial charge in [-0.2, -0.15) is 0 Å². The molecular formula is C12H10Br2O2. The quantitative estimate of drug-likeness (QED) is 0.465. The minimum atomic E-state index is -0.617. The number of carbonyl (C=O) groups excluding carboxylic acids is 1. The van der Waals surface area contributed by atoms with Gasteiger partial charge in [-0.05, 0) is 6.07 Å². The largest absolute Gasteiger partial charge is 0.450 e. The predicted octanol–water partition coefficient (Wildman–Crippen LogP) is 3.54. The highest BCUT2D eigenvalue weighted by molar-refractivity contribution is 9.10. The molecule has 0 radical (unpaired) electrons. The van der Waals surface area contributed by atoms with Crippen LogP contribution in [0, 0.1) is 0 Å². The van der Waals surface area contributed by atoms with Crippen molar-refractivity contribution >= 4 is 37.8 Å². The molecule has 0 aromatic heterocycles. The maximum atomic E-state index is 11.5. The number of carbonyl (C=O) groups is 1. The van der Waals surface area contributed by atoms with Crippen molar-refractivity contribution in [3.05, 3.63) is 46.5 Å². The molecule has 1 aliphatic rings. The standard InChI is InChI=1S/C12H10Br2O2/c1-8-6-12(7-13,16-11(8)15)9-4-2-3-5-10(9)14/h2-5H,1,6-7H2. The number of alkyl halides is 1. The fourth-order valence-corrected chi connectivity index (χ4v) is 3.09. The zero-order valence-corrected chi connectivity index (χ0v) is 11.7. The van der Waals surface area contributed by atoms with Crippen LogP contribution in [0.25, 0.3) is 0 Å². The first kappa shape index (κ1) is 11.9. The van der Waals surface area contributed by atoms with Crippen molar-refractivity contribution in [3.63, 3.8) is 0 Å². The van der Waals surface area contributed by atoms with Crippen LogP contribution in [-0.4, -0.2) is 11.3 Å². The molecule has 1 fully saturated rings. The second kappa shape index (κ2) is 4.34. The second-order valence-corrected chi connectivity index (χ2v) is 5.19. The van der Waals surface area contributed by atoms with Gasteiger partial charge in [0.05, 0.1) is 0 Å². The van der Waals surface area contributed by atoms with Gasteiger partial charge in [-0.3, -0.25) is 0 Å². The maximum absolute atomic E-state index is 11.5. The van der Waals surface area contributed by atoms with Crippen LogP contribution in [0.1, 0.15) is 12.0 Å². The van der Waals surface area contributed by atoms with Gasteiger partial charge in [-0.15, -0.1) is 0 Å². The maximum Gasteiger partial charge on any atom is 0.334 e. The molecule has 1 saturated heterocycles. The fourth-order valence-electron chi connectivity index (χ4n) is 1.83. The third kappa shape index (κ3) is 1.84. The number of cyclic esters (lactones) is 1. The summed E-state index contributed by atoms with van der Waals surface area (Å²) in [6, 6.07) is 7.76. The highest BCUT2D eigenvalue weighted by atomic mass is 79.9. The van der Waals surface area contributed by atoms with Gasteiger partial charge in [0.2, 0.25) is 0 Å². The summed E-state index contributed by atoms with van der Waals surface area (Å²) < 4.78 is 6.40. The summed E-state index contributed by atoms with van der Waals surface area (Å²) in [4.78, 5) is 11.5. The van der Waals surface area contributed by atoms with Gasteiger partial charge >= 0.3 is 5.97 Å². The summed E-state index contributed by atoms with van der Waals surface area (Å²) in [7, 11) is 0. The molecule has 1 aliphatic heterocycles. The van der Waals surface area contributed by atoms with Gasteiger partial charge in [-0.1, -0.05) is 56.6 Å². The molecule has 4 heteroatoms. The summed E-state index contributed by atoms with van der Waals surface area (Å²) in [5.74, 6) is -0.310. The Balaban J connectivity index is 2.48. The topological polar surface area (TPSA) is 26.3 Å². The van der Waals surface area contributed by atoms with E-state index in [4.69, 9.17) is 4.74 Å². The van der Waals surface area contributed by atoms with Crippen LogP contribution in [0.2, 0.25) is 0 Å².